The summed E-state index contributed by atoms with van der Waals surface area (Å²) in [5.41, 5.74) is 3.19. The Labute approximate surface area is 132 Å². The van der Waals surface area contributed by atoms with Crippen LogP contribution in [-0.2, 0) is 11.2 Å². The lowest BCUT2D eigenvalue weighted by Crippen LogP contribution is -2.42. The van der Waals surface area contributed by atoms with Crippen molar-refractivity contribution in [2.45, 2.75) is 51.6 Å². The van der Waals surface area contributed by atoms with E-state index in [2.05, 4.69) is 23.2 Å². The summed E-state index contributed by atoms with van der Waals surface area (Å²) in [4.78, 5) is 18.6. The number of pyridine rings is 1. The molecule has 0 radical (unpaired) electrons. The fourth-order valence-electron chi connectivity index (χ4n) is 3.12. The van der Waals surface area contributed by atoms with E-state index >= 15 is 0 Å². The second kappa shape index (κ2) is 5.75. The summed E-state index contributed by atoms with van der Waals surface area (Å²) in [5.74, 6) is 0.361. The fourth-order valence-corrected chi connectivity index (χ4v) is 3.12. The Morgan fingerprint density at radius 3 is 3.00 bits per heavy atom. The van der Waals surface area contributed by atoms with E-state index in [1.165, 1.54) is 11.1 Å². The van der Waals surface area contributed by atoms with Gasteiger partial charge in [-0.3, -0.25) is 4.98 Å². The van der Waals surface area contributed by atoms with Crippen LogP contribution in [0.15, 0.2) is 18.3 Å². The van der Waals surface area contributed by atoms with Crippen molar-refractivity contribution in [2.75, 3.05) is 13.1 Å². The average Bonchev–Trinajstić information content (AvgIpc) is 2.93. The third-order valence-electron chi connectivity index (χ3n) is 4.18. The summed E-state index contributed by atoms with van der Waals surface area (Å²) in [5, 5.41) is 0. The highest BCUT2D eigenvalue weighted by Crippen LogP contribution is 2.30. The Balaban J connectivity index is 1.69. The first kappa shape index (κ1) is 15.1. The number of ether oxygens (including phenoxy) is 1. The van der Waals surface area contributed by atoms with Gasteiger partial charge in [0, 0.05) is 25.2 Å². The van der Waals surface area contributed by atoms with Crippen LogP contribution in [0.5, 0.6) is 0 Å². The molecule has 118 valence electrons. The molecule has 2 heterocycles. The lowest BCUT2D eigenvalue weighted by molar-refractivity contribution is 0.0198. The molecule has 1 aromatic rings. The number of piperidine rings is 1. The van der Waals surface area contributed by atoms with Crippen molar-refractivity contribution in [3.63, 3.8) is 0 Å². The minimum atomic E-state index is -0.440. The highest BCUT2D eigenvalue weighted by Gasteiger charge is 2.28. The monoisotopic (exact) mass is 300 g/mol. The molecular formula is C18H24N2O2. The topological polar surface area (TPSA) is 42.4 Å². The predicted molar refractivity (Wildman–Crippen MR) is 86.8 cm³/mol. The fraction of sp³-hybridized carbons (Fsp3) is 0.556. The van der Waals surface area contributed by atoms with Crippen molar-refractivity contribution in [2.24, 2.45) is 0 Å². The number of nitrogens with zero attached hydrogens (tertiary/aromatic N) is 2. The van der Waals surface area contributed by atoms with E-state index in [9.17, 15) is 4.79 Å². The molecule has 0 aromatic carbocycles. The molecule has 1 fully saturated rings. The number of hydrogen-bond donors (Lipinski definition) is 0. The number of rotatable bonds is 1. The zero-order chi connectivity index (χ0) is 15.7. The van der Waals surface area contributed by atoms with Gasteiger partial charge in [-0.1, -0.05) is 12.1 Å². The van der Waals surface area contributed by atoms with E-state index in [1.54, 1.807) is 0 Å². The SMILES string of the molecule is CC(C)(C)OC(=O)N1CCCC(c2cnc3c(c2)CC=C3)C1. The maximum absolute atomic E-state index is 12.3. The third-order valence-corrected chi connectivity index (χ3v) is 4.18. The van der Waals surface area contributed by atoms with Gasteiger partial charge < -0.3 is 9.64 Å². The predicted octanol–water partition coefficient (Wildman–Crippen LogP) is 3.77. The van der Waals surface area contributed by atoms with Crippen LogP contribution in [0.25, 0.3) is 6.08 Å². The van der Waals surface area contributed by atoms with E-state index < -0.39 is 5.60 Å². The summed E-state index contributed by atoms with van der Waals surface area (Å²) in [6, 6.07) is 2.26. The van der Waals surface area contributed by atoms with E-state index in [0.29, 0.717) is 5.92 Å². The van der Waals surface area contributed by atoms with Gasteiger partial charge in [-0.2, -0.15) is 0 Å². The maximum atomic E-state index is 12.3. The first-order chi connectivity index (χ1) is 10.4. The highest BCUT2D eigenvalue weighted by atomic mass is 16.6. The van der Waals surface area contributed by atoms with Crippen LogP contribution >= 0.6 is 0 Å². The largest absolute Gasteiger partial charge is 0.444 e. The Kier molecular flexibility index (Phi) is 3.94. The van der Waals surface area contributed by atoms with Gasteiger partial charge in [0.05, 0.1) is 5.69 Å². The Hall–Kier alpha value is -1.84. The van der Waals surface area contributed by atoms with Crippen molar-refractivity contribution in [3.05, 3.63) is 35.2 Å². The zero-order valence-corrected chi connectivity index (χ0v) is 13.6. The van der Waals surface area contributed by atoms with Gasteiger partial charge in [0.1, 0.15) is 5.60 Å². The van der Waals surface area contributed by atoms with Crippen molar-refractivity contribution >= 4 is 12.2 Å². The van der Waals surface area contributed by atoms with E-state index in [-0.39, 0.29) is 6.09 Å². The molecule has 1 unspecified atom stereocenters. The highest BCUT2D eigenvalue weighted by molar-refractivity contribution is 5.68. The van der Waals surface area contributed by atoms with Crippen molar-refractivity contribution in [1.29, 1.82) is 0 Å². The lowest BCUT2D eigenvalue weighted by atomic mass is 9.91. The molecule has 0 saturated carbocycles. The number of amides is 1. The standard InChI is InChI=1S/C18H24N2O2/c1-18(2,3)22-17(21)20-9-5-7-14(12-20)15-10-13-6-4-8-16(13)19-11-15/h4,8,10-11,14H,5-7,9,12H2,1-3H3. The van der Waals surface area contributed by atoms with Gasteiger partial charge in [-0.05, 0) is 57.2 Å². The van der Waals surface area contributed by atoms with Gasteiger partial charge in [0.25, 0.3) is 0 Å². The van der Waals surface area contributed by atoms with E-state index in [0.717, 1.165) is 38.0 Å². The molecule has 1 aliphatic heterocycles. The molecule has 1 aliphatic carbocycles. The van der Waals surface area contributed by atoms with Gasteiger partial charge in [0.2, 0.25) is 0 Å². The van der Waals surface area contributed by atoms with Crippen molar-refractivity contribution in [3.8, 4) is 0 Å². The molecule has 0 spiro atoms. The number of fused-ring (bicyclic) bond motifs is 1. The van der Waals surface area contributed by atoms with Crippen molar-refractivity contribution in [1.82, 2.24) is 9.88 Å². The molecule has 0 bridgehead atoms. The van der Waals surface area contributed by atoms with Gasteiger partial charge in [-0.25, -0.2) is 4.79 Å². The molecule has 4 heteroatoms. The van der Waals surface area contributed by atoms with Gasteiger partial charge in [0.15, 0.2) is 0 Å². The van der Waals surface area contributed by atoms with Crippen LogP contribution in [0.3, 0.4) is 0 Å². The smallest absolute Gasteiger partial charge is 0.410 e. The van der Waals surface area contributed by atoms with Crippen molar-refractivity contribution < 1.29 is 9.53 Å². The second-order valence-electron chi connectivity index (χ2n) is 7.19. The summed E-state index contributed by atoms with van der Waals surface area (Å²) < 4.78 is 5.50. The van der Waals surface area contributed by atoms with E-state index in [4.69, 9.17) is 4.74 Å². The second-order valence-corrected chi connectivity index (χ2v) is 7.19. The molecule has 3 rings (SSSR count). The van der Waals surface area contributed by atoms with Crippen LogP contribution < -0.4 is 0 Å². The number of carbonyl (C=O) groups excluding carboxylic acids is 1. The summed E-state index contributed by atoms with van der Waals surface area (Å²) in [6.45, 7) is 7.23. The number of aromatic nitrogens is 1. The van der Waals surface area contributed by atoms with Gasteiger partial charge in [-0.15, -0.1) is 0 Å². The minimum absolute atomic E-state index is 0.201. The normalized spacial score (nSPS) is 20.9. The van der Waals surface area contributed by atoms with Crippen LogP contribution in [0.1, 0.15) is 56.4 Å². The summed E-state index contributed by atoms with van der Waals surface area (Å²) >= 11 is 0. The van der Waals surface area contributed by atoms with E-state index in [1.807, 2.05) is 31.9 Å². The quantitative estimate of drug-likeness (QED) is 0.793. The lowest BCUT2D eigenvalue weighted by Gasteiger charge is -2.34. The molecule has 1 aromatic heterocycles. The number of likely N-dealkylation sites (tertiary alicyclic amines) is 1. The third kappa shape index (κ3) is 3.32. The maximum Gasteiger partial charge on any atom is 0.410 e. The molecular weight excluding hydrogens is 276 g/mol. The van der Waals surface area contributed by atoms with Crippen LogP contribution in [-0.4, -0.2) is 34.7 Å². The Bertz CT molecular complexity index is 602. The molecule has 1 amide bonds. The minimum Gasteiger partial charge on any atom is -0.444 e. The van der Waals surface area contributed by atoms with Crippen LogP contribution in [0.4, 0.5) is 4.79 Å². The Morgan fingerprint density at radius 2 is 2.23 bits per heavy atom. The summed E-state index contributed by atoms with van der Waals surface area (Å²) in [7, 11) is 0. The molecule has 1 atom stereocenters. The average molecular weight is 300 g/mol. The Morgan fingerprint density at radius 1 is 1.41 bits per heavy atom. The van der Waals surface area contributed by atoms with Crippen LogP contribution in [0, 0.1) is 0 Å². The molecule has 2 aliphatic rings. The molecule has 4 nitrogen and oxygen atoms in total. The molecule has 1 saturated heterocycles. The van der Waals surface area contributed by atoms with Gasteiger partial charge >= 0.3 is 6.09 Å². The number of carbonyl (C=O) groups is 1. The molecule has 22 heavy (non-hydrogen) atoms. The molecule has 0 N–H and O–H groups in total. The number of hydrogen-bond acceptors (Lipinski definition) is 3. The first-order valence-corrected chi connectivity index (χ1v) is 8.06. The van der Waals surface area contributed by atoms with Crippen LogP contribution in [0.2, 0.25) is 0 Å². The zero-order valence-electron chi connectivity index (χ0n) is 13.6. The summed E-state index contributed by atoms with van der Waals surface area (Å²) in [6.07, 6.45) is 9.08. The number of allylic oxidation sites excluding steroid dienone is 1. The first-order valence-electron chi connectivity index (χ1n) is 8.06.